The first kappa shape index (κ1) is 26.7. The second-order valence-electron chi connectivity index (χ2n) is 4.53. The lowest BCUT2D eigenvalue weighted by Gasteiger charge is -2.32. The molecule has 2 N–H and O–H groups in total. The fraction of sp³-hybridized carbons (Fsp3) is 0.727. The van der Waals surface area contributed by atoms with E-state index < -0.39 is 39.3 Å². The average Bonchev–Trinajstić information content (AvgIpc) is 2.46. The molecule has 0 bridgehead atoms. The molecule has 0 spiro atoms. The first-order valence-corrected chi connectivity index (χ1v) is 7.77. The van der Waals surface area contributed by atoms with E-state index in [1.165, 1.54) is 0 Å². The van der Waals surface area contributed by atoms with Crippen LogP contribution in [0.15, 0.2) is 12.2 Å². The third kappa shape index (κ3) is 5.25. The Morgan fingerprint density at radius 1 is 1.00 bits per heavy atom. The summed E-state index contributed by atoms with van der Waals surface area (Å²) in [6, 6.07) is 0. The molecule has 0 aromatic heterocycles. The normalized spacial score (nSPS) is 13.7. The Hall–Kier alpha value is -1.51. The molecule has 26 heavy (non-hydrogen) atoms. The quantitative estimate of drug-likeness (QED) is 0.482. The van der Waals surface area contributed by atoms with Gasteiger partial charge in [-0.05, 0) is 13.5 Å². The molecular formula is C11H14F9NO4S. The van der Waals surface area contributed by atoms with Crippen LogP contribution in [0.4, 0.5) is 39.5 Å². The highest BCUT2D eigenvalue weighted by Crippen LogP contribution is 2.54. The van der Waals surface area contributed by atoms with E-state index in [0.29, 0.717) is 16.7 Å². The van der Waals surface area contributed by atoms with Crippen LogP contribution < -0.4 is 4.72 Å². The summed E-state index contributed by atoms with van der Waals surface area (Å²) in [6.45, 7) is 5.27. The predicted octanol–water partition coefficient (Wildman–Crippen LogP) is 3.39. The van der Waals surface area contributed by atoms with Crippen LogP contribution in [0, 0.1) is 0 Å². The number of alkyl halides is 9. The van der Waals surface area contributed by atoms with Crippen LogP contribution >= 0.6 is 0 Å². The second kappa shape index (κ2) is 8.45. The lowest BCUT2D eigenvalue weighted by molar-refractivity contribution is -0.382. The zero-order valence-corrected chi connectivity index (χ0v) is 13.9. The number of halogens is 9. The molecule has 0 atom stereocenters. The Kier molecular flexibility index (Phi) is 8.69. The van der Waals surface area contributed by atoms with E-state index in [1.807, 2.05) is 6.92 Å². The van der Waals surface area contributed by atoms with Gasteiger partial charge in [-0.25, -0.2) is 17.9 Å². The SMILES string of the molecule is C=C(CCC)C(=O)O.CNS(=O)(=O)C(F)(F)C(F)(F)C(F)(F)C(F)(F)F. The van der Waals surface area contributed by atoms with Crippen LogP contribution in [0.3, 0.4) is 0 Å². The first-order valence-electron chi connectivity index (χ1n) is 6.28. The highest BCUT2D eigenvalue weighted by molar-refractivity contribution is 7.90. The van der Waals surface area contributed by atoms with Crippen LogP contribution in [-0.4, -0.2) is 49.8 Å². The number of aliphatic carboxylic acids is 1. The van der Waals surface area contributed by atoms with E-state index in [9.17, 15) is 52.7 Å². The van der Waals surface area contributed by atoms with Crippen molar-refractivity contribution in [2.24, 2.45) is 0 Å². The van der Waals surface area contributed by atoms with Crippen molar-refractivity contribution < 1.29 is 57.8 Å². The summed E-state index contributed by atoms with van der Waals surface area (Å²) >= 11 is 0. The summed E-state index contributed by atoms with van der Waals surface area (Å²) in [4.78, 5) is 9.99. The summed E-state index contributed by atoms with van der Waals surface area (Å²) in [5, 5.41) is 1.55. The van der Waals surface area contributed by atoms with Gasteiger partial charge in [0.25, 0.3) is 10.0 Å². The Bertz CT molecular complexity index is 614. The van der Waals surface area contributed by atoms with Crippen molar-refractivity contribution in [1.82, 2.24) is 4.72 Å². The molecule has 0 aromatic rings. The zero-order valence-electron chi connectivity index (χ0n) is 13.1. The number of rotatable bonds is 7. The molecule has 0 unspecified atom stereocenters. The van der Waals surface area contributed by atoms with Crippen LogP contribution in [-0.2, 0) is 14.8 Å². The van der Waals surface area contributed by atoms with Gasteiger partial charge in [-0.2, -0.15) is 39.5 Å². The van der Waals surface area contributed by atoms with Crippen molar-refractivity contribution in [3.05, 3.63) is 12.2 Å². The van der Waals surface area contributed by atoms with Gasteiger partial charge in [-0.15, -0.1) is 0 Å². The highest BCUT2D eigenvalue weighted by Gasteiger charge is 2.85. The Balaban J connectivity index is 0. The van der Waals surface area contributed by atoms with E-state index in [1.54, 1.807) is 0 Å². The molecule has 0 saturated carbocycles. The molecular weight excluding hydrogens is 413 g/mol. The van der Waals surface area contributed by atoms with Gasteiger partial charge in [-0.1, -0.05) is 19.9 Å². The molecule has 0 radical (unpaired) electrons. The van der Waals surface area contributed by atoms with Crippen molar-refractivity contribution in [2.45, 2.75) is 43.0 Å². The smallest absolute Gasteiger partial charge is 0.460 e. The molecule has 0 aliphatic heterocycles. The molecule has 0 aliphatic rings. The summed E-state index contributed by atoms with van der Waals surface area (Å²) in [5.41, 5.74) is 0.299. The maximum Gasteiger partial charge on any atom is 0.460 e. The molecule has 0 aromatic carbocycles. The fourth-order valence-corrected chi connectivity index (χ4v) is 1.79. The molecule has 156 valence electrons. The second-order valence-corrected chi connectivity index (χ2v) is 6.46. The third-order valence-corrected chi connectivity index (χ3v) is 4.05. The van der Waals surface area contributed by atoms with Gasteiger partial charge in [0.2, 0.25) is 0 Å². The lowest BCUT2D eigenvalue weighted by Crippen LogP contribution is -2.64. The summed E-state index contributed by atoms with van der Waals surface area (Å²) in [5.74, 6) is -15.3. The van der Waals surface area contributed by atoms with Crippen molar-refractivity contribution in [3.8, 4) is 0 Å². The summed E-state index contributed by atoms with van der Waals surface area (Å²) in [6.07, 6.45) is -5.61. The molecule has 0 aliphatic carbocycles. The minimum Gasteiger partial charge on any atom is -0.478 e. The Labute approximate surface area is 141 Å². The first-order chi connectivity index (χ1) is 11.2. The van der Waals surface area contributed by atoms with Gasteiger partial charge in [0.15, 0.2) is 0 Å². The standard InChI is InChI=1S/C6H10O2.C5H4F9NO2S/c1-3-4-5(2)6(7)8;1-15-18(16,17)5(13,14)3(8,9)2(6,7)4(10,11)12/h2-4H2,1H3,(H,7,8);15H,1H3. The van der Waals surface area contributed by atoms with Gasteiger partial charge in [0.05, 0.1) is 0 Å². The van der Waals surface area contributed by atoms with Crippen LogP contribution in [0.5, 0.6) is 0 Å². The van der Waals surface area contributed by atoms with Crippen LogP contribution in [0.1, 0.15) is 19.8 Å². The van der Waals surface area contributed by atoms with E-state index in [-0.39, 0.29) is 7.05 Å². The predicted molar refractivity (Wildman–Crippen MR) is 70.6 cm³/mol. The molecule has 0 amide bonds. The van der Waals surface area contributed by atoms with Crippen LogP contribution in [0.25, 0.3) is 0 Å². The topological polar surface area (TPSA) is 83.5 Å². The molecule has 0 fully saturated rings. The highest BCUT2D eigenvalue weighted by atomic mass is 32.2. The lowest BCUT2D eigenvalue weighted by atomic mass is 10.1. The van der Waals surface area contributed by atoms with Gasteiger partial charge < -0.3 is 5.11 Å². The number of hydrogen-bond acceptors (Lipinski definition) is 3. The molecule has 5 nitrogen and oxygen atoms in total. The number of sulfonamides is 1. The number of nitrogens with one attached hydrogen (secondary N) is 1. The molecule has 0 saturated heterocycles. The maximum atomic E-state index is 12.6. The Morgan fingerprint density at radius 3 is 1.58 bits per heavy atom. The fourth-order valence-electron chi connectivity index (χ4n) is 1.07. The minimum atomic E-state index is -7.23. The number of carbonyl (C=O) groups is 1. The van der Waals surface area contributed by atoms with E-state index in [0.717, 1.165) is 6.42 Å². The largest absolute Gasteiger partial charge is 0.478 e. The number of carboxylic acid groups (broad SMARTS) is 1. The van der Waals surface area contributed by atoms with Crippen molar-refractivity contribution in [1.29, 1.82) is 0 Å². The number of hydrogen-bond donors (Lipinski definition) is 2. The van der Waals surface area contributed by atoms with E-state index in [2.05, 4.69) is 6.58 Å². The third-order valence-electron chi connectivity index (χ3n) is 2.58. The Morgan fingerprint density at radius 2 is 1.38 bits per heavy atom. The molecule has 0 rings (SSSR count). The molecule has 15 heteroatoms. The van der Waals surface area contributed by atoms with Gasteiger partial charge >= 0.3 is 29.2 Å². The monoisotopic (exact) mass is 427 g/mol. The maximum absolute atomic E-state index is 12.6. The molecule has 0 heterocycles. The minimum absolute atomic E-state index is 0.144. The van der Waals surface area contributed by atoms with Crippen molar-refractivity contribution >= 4 is 16.0 Å². The van der Waals surface area contributed by atoms with E-state index >= 15 is 0 Å². The van der Waals surface area contributed by atoms with E-state index in [4.69, 9.17) is 5.11 Å². The van der Waals surface area contributed by atoms with Gasteiger partial charge in [-0.3, -0.25) is 0 Å². The van der Waals surface area contributed by atoms with Gasteiger partial charge in [0, 0.05) is 5.57 Å². The average molecular weight is 427 g/mol. The summed E-state index contributed by atoms with van der Waals surface area (Å²) in [7, 11) is -6.27. The summed E-state index contributed by atoms with van der Waals surface area (Å²) < 4.78 is 131. The van der Waals surface area contributed by atoms with Crippen molar-refractivity contribution in [2.75, 3.05) is 7.05 Å². The van der Waals surface area contributed by atoms with Crippen molar-refractivity contribution in [3.63, 3.8) is 0 Å². The number of carboxylic acids is 1. The zero-order chi connectivity index (χ0) is 21.8. The van der Waals surface area contributed by atoms with Crippen LogP contribution in [0.2, 0.25) is 0 Å². The van der Waals surface area contributed by atoms with Gasteiger partial charge in [0.1, 0.15) is 0 Å².